The van der Waals surface area contributed by atoms with Crippen molar-refractivity contribution < 1.29 is 27.5 Å². The van der Waals surface area contributed by atoms with Crippen molar-refractivity contribution >= 4 is 34.5 Å². The summed E-state index contributed by atoms with van der Waals surface area (Å²) in [6.07, 6.45) is -4.48. The zero-order valence-electron chi connectivity index (χ0n) is 13.0. The lowest BCUT2D eigenvalue weighted by Gasteiger charge is -2.12. The summed E-state index contributed by atoms with van der Waals surface area (Å²) in [5, 5.41) is 1.03. The van der Waals surface area contributed by atoms with Gasteiger partial charge in [0.15, 0.2) is 0 Å². The Labute approximate surface area is 155 Å². The fraction of sp³-hybridized carbons (Fsp3) is 0.176. The van der Waals surface area contributed by atoms with Crippen LogP contribution in [0.5, 0.6) is 5.75 Å². The highest BCUT2D eigenvalue weighted by atomic mass is 35.5. The van der Waals surface area contributed by atoms with Crippen molar-refractivity contribution in [2.24, 2.45) is 0 Å². The van der Waals surface area contributed by atoms with Gasteiger partial charge in [0.25, 0.3) is 5.24 Å². The van der Waals surface area contributed by atoms with Crippen molar-refractivity contribution in [2.45, 2.75) is 18.0 Å². The molecule has 2 aromatic carbocycles. The first kappa shape index (κ1) is 18.6. The van der Waals surface area contributed by atoms with Crippen LogP contribution >= 0.6 is 23.4 Å². The van der Waals surface area contributed by atoms with Gasteiger partial charge in [-0.25, -0.2) is 0 Å². The molecule has 1 atom stereocenters. The molecule has 3 rings (SSSR count). The van der Waals surface area contributed by atoms with Gasteiger partial charge in [0.1, 0.15) is 17.6 Å². The summed E-state index contributed by atoms with van der Waals surface area (Å²) in [7, 11) is 0. The number of hydrogen-bond donors (Lipinski definition) is 1. The molecular formula is C17H11ClF3NO3S. The van der Waals surface area contributed by atoms with E-state index in [0.717, 1.165) is 30.0 Å². The SMILES string of the molecule is O=C1NC(=O)C(c2cccc(COc3ccc(C(F)(F)F)cc3Cl)c2)S1. The van der Waals surface area contributed by atoms with E-state index in [1.54, 1.807) is 24.3 Å². The maximum atomic E-state index is 12.6. The molecule has 0 bridgehead atoms. The third-order valence-corrected chi connectivity index (χ3v) is 4.93. The van der Waals surface area contributed by atoms with E-state index in [1.165, 1.54) is 0 Å². The van der Waals surface area contributed by atoms with Crippen molar-refractivity contribution in [1.29, 1.82) is 0 Å². The van der Waals surface area contributed by atoms with Crippen LogP contribution in [0.15, 0.2) is 42.5 Å². The van der Waals surface area contributed by atoms with Gasteiger partial charge in [-0.15, -0.1) is 0 Å². The number of hydrogen-bond acceptors (Lipinski definition) is 4. The molecule has 136 valence electrons. The van der Waals surface area contributed by atoms with Crippen LogP contribution in [0.25, 0.3) is 0 Å². The fourth-order valence-corrected chi connectivity index (χ4v) is 3.43. The zero-order valence-corrected chi connectivity index (χ0v) is 14.5. The topological polar surface area (TPSA) is 55.4 Å². The summed E-state index contributed by atoms with van der Waals surface area (Å²) in [5.41, 5.74) is 0.468. The van der Waals surface area contributed by atoms with Gasteiger partial charge in [0.05, 0.1) is 10.6 Å². The van der Waals surface area contributed by atoms with Crippen molar-refractivity contribution in [3.63, 3.8) is 0 Å². The molecule has 26 heavy (non-hydrogen) atoms. The number of thioether (sulfide) groups is 1. The van der Waals surface area contributed by atoms with Crippen molar-refractivity contribution in [3.8, 4) is 5.75 Å². The molecule has 1 unspecified atom stereocenters. The Morgan fingerprint density at radius 3 is 2.54 bits per heavy atom. The first-order valence-corrected chi connectivity index (χ1v) is 8.59. The smallest absolute Gasteiger partial charge is 0.416 e. The Balaban J connectivity index is 1.72. The summed E-state index contributed by atoms with van der Waals surface area (Å²) in [6, 6.07) is 9.72. The zero-order chi connectivity index (χ0) is 18.9. The number of imide groups is 1. The minimum absolute atomic E-state index is 0.0475. The number of benzene rings is 2. The quantitative estimate of drug-likeness (QED) is 0.786. The number of halogens is 4. The Kier molecular flexibility index (Phi) is 5.15. The normalized spacial score (nSPS) is 17.3. The molecule has 0 aliphatic carbocycles. The van der Waals surface area contributed by atoms with Crippen LogP contribution in [0.2, 0.25) is 5.02 Å². The molecule has 2 amide bonds. The van der Waals surface area contributed by atoms with Crippen LogP contribution in [0.1, 0.15) is 21.9 Å². The number of ether oxygens (including phenoxy) is 1. The molecule has 1 aliphatic heterocycles. The Bertz CT molecular complexity index is 873. The van der Waals surface area contributed by atoms with E-state index in [4.69, 9.17) is 16.3 Å². The highest BCUT2D eigenvalue weighted by molar-refractivity contribution is 8.15. The number of nitrogens with one attached hydrogen (secondary N) is 1. The predicted octanol–water partition coefficient (Wildman–Crippen LogP) is 4.96. The number of rotatable bonds is 4. The second-order valence-corrected chi connectivity index (χ2v) is 6.94. The average molecular weight is 402 g/mol. The molecule has 1 saturated heterocycles. The average Bonchev–Trinajstić information content (AvgIpc) is 2.91. The number of alkyl halides is 3. The van der Waals surface area contributed by atoms with Gasteiger partial charge >= 0.3 is 6.18 Å². The van der Waals surface area contributed by atoms with E-state index in [1.807, 2.05) is 0 Å². The maximum Gasteiger partial charge on any atom is 0.416 e. The van der Waals surface area contributed by atoms with E-state index in [0.29, 0.717) is 11.1 Å². The molecule has 2 aromatic rings. The van der Waals surface area contributed by atoms with Gasteiger partial charge in [0.2, 0.25) is 5.91 Å². The summed E-state index contributed by atoms with van der Waals surface area (Å²) >= 11 is 6.74. The van der Waals surface area contributed by atoms with Gasteiger partial charge < -0.3 is 4.74 Å². The molecule has 4 nitrogen and oxygen atoms in total. The van der Waals surface area contributed by atoms with E-state index < -0.39 is 22.2 Å². The molecule has 0 saturated carbocycles. The molecule has 1 fully saturated rings. The summed E-state index contributed by atoms with van der Waals surface area (Å²) in [4.78, 5) is 23.0. The Morgan fingerprint density at radius 2 is 1.92 bits per heavy atom. The van der Waals surface area contributed by atoms with E-state index in [-0.39, 0.29) is 23.3 Å². The van der Waals surface area contributed by atoms with Gasteiger partial charge in [-0.2, -0.15) is 13.2 Å². The van der Waals surface area contributed by atoms with Crippen molar-refractivity contribution in [2.75, 3.05) is 0 Å². The summed E-state index contributed by atoms with van der Waals surface area (Å²) < 4.78 is 43.4. The molecule has 0 spiro atoms. The van der Waals surface area contributed by atoms with Crippen LogP contribution in [-0.4, -0.2) is 11.1 Å². The predicted molar refractivity (Wildman–Crippen MR) is 91.1 cm³/mol. The van der Waals surface area contributed by atoms with Crippen LogP contribution < -0.4 is 10.1 Å². The maximum absolute atomic E-state index is 12.6. The summed E-state index contributed by atoms with van der Waals surface area (Å²) in [5.74, 6) is -0.267. The van der Waals surface area contributed by atoms with E-state index >= 15 is 0 Å². The lowest BCUT2D eigenvalue weighted by molar-refractivity contribution is -0.137. The highest BCUT2D eigenvalue weighted by Gasteiger charge is 2.33. The number of amides is 2. The number of carbonyl (C=O) groups is 2. The monoisotopic (exact) mass is 401 g/mol. The molecule has 1 N–H and O–H groups in total. The van der Waals surface area contributed by atoms with Crippen molar-refractivity contribution in [3.05, 3.63) is 64.2 Å². The molecule has 0 aromatic heterocycles. The third kappa shape index (κ3) is 4.13. The molecule has 1 heterocycles. The molecular weight excluding hydrogens is 391 g/mol. The second-order valence-electron chi connectivity index (χ2n) is 5.45. The minimum atomic E-state index is -4.48. The molecule has 9 heteroatoms. The fourth-order valence-electron chi connectivity index (χ4n) is 2.38. The second kappa shape index (κ2) is 7.20. The van der Waals surface area contributed by atoms with Crippen LogP contribution in [0.3, 0.4) is 0 Å². The van der Waals surface area contributed by atoms with Crippen LogP contribution in [-0.2, 0) is 17.6 Å². The first-order valence-electron chi connectivity index (χ1n) is 7.34. The van der Waals surface area contributed by atoms with Crippen LogP contribution in [0.4, 0.5) is 18.0 Å². The van der Waals surface area contributed by atoms with Gasteiger partial charge in [-0.3, -0.25) is 14.9 Å². The largest absolute Gasteiger partial charge is 0.487 e. The first-order chi connectivity index (χ1) is 12.2. The Morgan fingerprint density at radius 1 is 1.15 bits per heavy atom. The Hall–Kier alpha value is -2.19. The van der Waals surface area contributed by atoms with E-state index in [9.17, 15) is 22.8 Å². The lowest BCUT2D eigenvalue weighted by atomic mass is 10.1. The number of carbonyl (C=O) groups excluding carboxylic acids is 2. The van der Waals surface area contributed by atoms with Gasteiger partial charge in [-0.1, -0.05) is 35.9 Å². The third-order valence-electron chi connectivity index (χ3n) is 3.60. The highest BCUT2D eigenvalue weighted by Crippen LogP contribution is 2.36. The van der Waals surface area contributed by atoms with Crippen molar-refractivity contribution in [1.82, 2.24) is 5.32 Å². The minimum Gasteiger partial charge on any atom is -0.487 e. The molecule has 0 radical (unpaired) electrons. The molecule has 1 aliphatic rings. The lowest BCUT2D eigenvalue weighted by Crippen LogP contribution is -2.20. The summed E-state index contributed by atoms with van der Waals surface area (Å²) in [6.45, 7) is 0.0475. The van der Waals surface area contributed by atoms with Gasteiger partial charge in [-0.05, 0) is 41.1 Å². The van der Waals surface area contributed by atoms with Crippen LogP contribution in [0, 0.1) is 0 Å². The van der Waals surface area contributed by atoms with Gasteiger partial charge in [0, 0.05) is 0 Å². The standard InChI is InChI=1S/C17H11ClF3NO3S/c18-12-7-11(17(19,20)21)4-5-13(12)25-8-9-2-1-3-10(6-9)14-15(23)22-16(24)26-14/h1-7,14H,8H2,(H,22,23,24). The van der Waals surface area contributed by atoms with E-state index in [2.05, 4.69) is 5.32 Å².